The Labute approximate surface area is 200 Å². The van der Waals surface area contributed by atoms with Gasteiger partial charge in [-0.15, -0.1) is 0 Å². The second-order valence-electron chi connectivity index (χ2n) is 9.74. The molecule has 0 unspecified atom stereocenters. The Balaban J connectivity index is 1.79. The Hall–Kier alpha value is -2.27. The lowest BCUT2D eigenvalue weighted by molar-refractivity contribution is -0.0429. The summed E-state index contributed by atoms with van der Waals surface area (Å²) in [4.78, 5) is 26.5. The molecule has 1 fully saturated rings. The monoisotopic (exact) mass is 492 g/mol. The van der Waals surface area contributed by atoms with Crippen LogP contribution in [0.1, 0.15) is 39.0 Å². The van der Waals surface area contributed by atoms with Crippen molar-refractivity contribution >= 4 is 25.8 Å². The van der Waals surface area contributed by atoms with Crippen LogP contribution < -0.4 is 16.0 Å². The quantitative estimate of drug-likeness (QED) is 0.483. The van der Waals surface area contributed by atoms with E-state index in [-0.39, 0.29) is 10.3 Å². The summed E-state index contributed by atoms with van der Waals surface area (Å²) >= 11 is 5.31. The van der Waals surface area contributed by atoms with E-state index >= 15 is 0 Å². The van der Waals surface area contributed by atoms with Crippen molar-refractivity contribution in [1.29, 1.82) is 0 Å². The highest BCUT2D eigenvalue weighted by Crippen LogP contribution is 2.38. The number of thiocarbonyl (C=S) groups is 1. The molecule has 2 heterocycles. The van der Waals surface area contributed by atoms with Gasteiger partial charge in [-0.1, -0.05) is 39.0 Å². The van der Waals surface area contributed by atoms with Crippen molar-refractivity contribution in [1.82, 2.24) is 9.55 Å². The molecule has 180 valence electrons. The van der Waals surface area contributed by atoms with Crippen LogP contribution in [0.25, 0.3) is 0 Å². The molecule has 3 rings (SSSR count). The van der Waals surface area contributed by atoms with E-state index in [0.717, 1.165) is 0 Å². The van der Waals surface area contributed by atoms with Gasteiger partial charge in [0.25, 0.3) is 5.56 Å². The van der Waals surface area contributed by atoms with Crippen molar-refractivity contribution in [3.63, 3.8) is 0 Å². The number of ether oxygens (including phenoxy) is 3. The molecule has 1 aliphatic rings. The lowest BCUT2D eigenvalue weighted by Crippen LogP contribution is -2.44. The second-order valence-corrected chi connectivity index (χ2v) is 14.9. The lowest BCUT2D eigenvalue weighted by Gasteiger charge is -2.37. The van der Waals surface area contributed by atoms with Gasteiger partial charge < -0.3 is 18.6 Å². The van der Waals surface area contributed by atoms with Crippen LogP contribution in [0.5, 0.6) is 5.75 Å². The summed E-state index contributed by atoms with van der Waals surface area (Å²) in [6, 6.07) is 9.12. The van der Waals surface area contributed by atoms with Gasteiger partial charge in [-0.3, -0.25) is 14.3 Å². The number of aryl methyl sites for hydroxylation is 1. The molecule has 0 amide bonds. The molecule has 0 spiro atoms. The number of para-hydroxylation sites is 1. The molecular weight excluding hydrogens is 460 g/mol. The highest BCUT2D eigenvalue weighted by atomic mass is 32.1. The minimum absolute atomic E-state index is 0.0278. The molecule has 0 radical (unpaired) electrons. The van der Waals surface area contributed by atoms with Gasteiger partial charge in [0.15, 0.2) is 8.32 Å². The number of aromatic nitrogens is 2. The number of hydrogen-bond donors (Lipinski definition) is 1. The summed E-state index contributed by atoms with van der Waals surface area (Å²) in [7, 11) is -2.05. The third-order valence-electron chi connectivity index (χ3n) is 6.24. The number of nitrogens with zero attached hydrogens (tertiary/aromatic N) is 1. The first kappa shape index (κ1) is 25.4. The SMILES string of the molecule is Cc1cn([C@H]2C[C@H](OC(=S)Oc3ccccc3)[C@@H](CO[Si](C)(C)C(C)(C)C)O2)c(=O)[nH]c1=O. The van der Waals surface area contributed by atoms with E-state index < -0.39 is 38.0 Å². The molecule has 10 heteroatoms. The van der Waals surface area contributed by atoms with Gasteiger partial charge in [0.05, 0.1) is 6.61 Å². The van der Waals surface area contributed by atoms with Crippen LogP contribution >= 0.6 is 12.2 Å². The number of hydrogen-bond acceptors (Lipinski definition) is 7. The largest absolute Gasteiger partial charge is 0.450 e. The van der Waals surface area contributed by atoms with E-state index in [9.17, 15) is 9.59 Å². The molecule has 3 atom stereocenters. The first-order chi connectivity index (χ1) is 15.4. The summed E-state index contributed by atoms with van der Waals surface area (Å²) in [5, 5.41) is -0.00201. The van der Waals surface area contributed by atoms with Crippen LogP contribution in [0.2, 0.25) is 18.1 Å². The zero-order valence-electron chi connectivity index (χ0n) is 19.9. The minimum Gasteiger partial charge on any atom is -0.450 e. The normalized spacial score (nSPS) is 21.1. The van der Waals surface area contributed by atoms with E-state index in [1.807, 2.05) is 18.2 Å². The van der Waals surface area contributed by atoms with Crippen molar-refractivity contribution in [2.45, 2.75) is 70.7 Å². The number of aromatic amines is 1. The van der Waals surface area contributed by atoms with E-state index in [0.29, 0.717) is 24.3 Å². The second kappa shape index (κ2) is 9.92. The topological polar surface area (TPSA) is 91.8 Å². The Kier molecular flexibility index (Phi) is 7.62. The van der Waals surface area contributed by atoms with Crippen LogP contribution in [0.3, 0.4) is 0 Å². The van der Waals surface area contributed by atoms with Crippen LogP contribution in [0, 0.1) is 6.92 Å². The fourth-order valence-electron chi connectivity index (χ4n) is 3.18. The Morgan fingerprint density at radius 2 is 1.91 bits per heavy atom. The lowest BCUT2D eigenvalue weighted by atomic mass is 10.2. The maximum absolute atomic E-state index is 12.4. The van der Waals surface area contributed by atoms with Gasteiger partial charge in [0.2, 0.25) is 0 Å². The molecule has 1 N–H and O–H groups in total. The molecule has 1 saturated heterocycles. The highest BCUT2D eigenvalue weighted by molar-refractivity contribution is 7.79. The van der Waals surface area contributed by atoms with Gasteiger partial charge in [0, 0.05) is 30.4 Å². The first-order valence-corrected chi connectivity index (χ1v) is 14.2. The van der Waals surface area contributed by atoms with E-state index in [1.165, 1.54) is 10.8 Å². The molecule has 8 nitrogen and oxygen atoms in total. The maximum Gasteiger partial charge on any atom is 0.358 e. The summed E-state index contributed by atoms with van der Waals surface area (Å²) in [6.45, 7) is 12.7. The number of benzene rings is 1. The van der Waals surface area contributed by atoms with Gasteiger partial charge in [-0.2, -0.15) is 0 Å². The molecule has 2 aromatic rings. The molecular formula is C23H32N2O6SSi. The van der Waals surface area contributed by atoms with Crippen LogP contribution in [0.4, 0.5) is 0 Å². The van der Waals surface area contributed by atoms with Crippen molar-refractivity contribution < 1.29 is 18.6 Å². The molecule has 0 aliphatic carbocycles. The number of rotatable bonds is 6. The van der Waals surface area contributed by atoms with Crippen LogP contribution in [0.15, 0.2) is 46.1 Å². The zero-order chi connectivity index (χ0) is 24.4. The van der Waals surface area contributed by atoms with Crippen molar-refractivity contribution in [3.05, 3.63) is 62.9 Å². The number of nitrogens with one attached hydrogen (secondary N) is 1. The Bertz CT molecular complexity index is 1090. The van der Waals surface area contributed by atoms with Gasteiger partial charge in [0.1, 0.15) is 24.2 Å². The predicted molar refractivity (Wildman–Crippen MR) is 132 cm³/mol. The fourth-order valence-corrected chi connectivity index (χ4v) is 4.42. The van der Waals surface area contributed by atoms with Crippen molar-refractivity contribution in [2.24, 2.45) is 0 Å². The minimum atomic E-state index is -2.05. The summed E-state index contributed by atoms with van der Waals surface area (Å²) < 4.78 is 25.5. The zero-order valence-corrected chi connectivity index (χ0v) is 21.7. The fraction of sp³-hybridized carbons (Fsp3) is 0.522. The Morgan fingerprint density at radius 3 is 2.55 bits per heavy atom. The number of H-pyrrole nitrogens is 1. The third kappa shape index (κ3) is 6.20. The predicted octanol–water partition coefficient (Wildman–Crippen LogP) is 3.90. The van der Waals surface area contributed by atoms with Crippen molar-refractivity contribution in [2.75, 3.05) is 6.61 Å². The van der Waals surface area contributed by atoms with E-state index in [4.69, 9.17) is 30.9 Å². The molecule has 1 aromatic carbocycles. The molecule has 1 aromatic heterocycles. The summed E-state index contributed by atoms with van der Waals surface area (Å²) in [5.41, 5.74) is -0.541. The van der Waals surface area contributed by atoms with Gasteiger partial charge >= 0.3 is 10.9 Å². The van der Waals surface area contributed by atoms with E-state index in [2.05, 4.69) is 38.8 Å². The third-order valence-corrected chi connectivity index (χ3v) is 10.9. The van der Waals surface area contributed by atoms with E-state index in [1.54, 1.807) is 19.1 Å². The standard InChI is InChI=1S/C23H32N2O6SSi/c1-15-13-25(21(27)24-20(15)26)19-12-17(31-22(32)29-16-10-8-7-9-11-16)18(30-19)14-28-33(5,6)23(2,3)4/h7-11,13,17-19H,12,14H2,1-6H3,(H,24,26,27)/t17-,18+,19+/m0/s1. The average Bonchev–Trinajstić information content (AvgIpc) is 3.11. The molecule has 1 aliphatic heterocycles. The smallest absolute Gasteiger partial charge is 0.358 e. The summed E-state index contributed by atoms with van der Waals surface area (Å²) in [5.74, 6) is 0.569. The van der Waals surface area contributed by atoms with Crippen molar-refractivity contribution in [3.8, 4) is 5.75 Å². The summed E-state index contributed by atoms with van der Waals surface area (Å²) in [6.07, 6.45) is 0.245. The highest BCUT2D eigenvalue weighted by Gasteiger charge is 2.43. The molecule has 0 saturated carbocycles. The van der Waals surface area contributed by atoms with Crippen LogP contribution in [-0.2, 0) is 13.9 Å². The van der Waals surface area contributed by atoms with Gasteiger partial charge in [-0.05, 0) is 37.2 Å². The van der Waals surface area contributed by atoms with Crippen LogP contribution in [-0.4, -0.2) is 41.9 Å². The average molecular weight is 493 g/mol. The molecule has 33 heavy (non-hydrogen) atoms. The Morgan fingerprint density at radius 1 is 1.24 bits per heavy atom. The molecule has 0 bridgehead atoms. The first-order valence-electron chi connectivity index (χ1n) is 10.9. The van der Waals surface area contributed by atoms with Gasteiger partial charge in [-0.25, -0.2) is 4.79 Å². The maximum atomic E-state index is 12.4.